The first-order valence-electron chi connectivity index (χ1n) is 5.71. The zero-order valence-electron chi connectivity index (χ0n) is 10.1. The van der Waals surface area contributed by atoms with Crippen molar-refractivity contribution in [1.82, 2.24) is 0 Å². The molecular formula is C14H13BrF2S. The molecule has 1 aromatic heterocycles. The van der Waals surface area contributed by atoms with Crippen molar-refractivity contribution in [3.63, 3.8) is 0 Å². The summed E-state index contributed by atoms with van der Waals surface area (Å²) in [5, 5.41) is 0. The van der Waals surface area contributed by atoms with Crippen molar-refractivity contribution in [2.45, 2.75) is 25.1 Å². The van der Waals surface area contributed by atoms with Gasteiger partial charge in [-0.3, -0.25) is 0 Å². The van der Waals surface area contributed by atoms with Crippen molar-refractivity contribution in [3.8, 4) is 0 Å². The molecule has 0 fully saturated rings. The average Bonchev–Trinajstić information content (AvgIpc) is 2.81. The van der Waals surface area contributed by atoms with Crippen LogP contribution < -0.4 is 0 Å². The summed E-state index contributed by atoms with van der Waals surface area (Å²) in [6, 6.07) is 6.50. The van der Waals surface area contributed by atoms with Gasteiger partial charge in [0.05, 0.1) is 4.83 Å². The molecule has 1 heterocycles. The zero-order valence-corrected chi connectivity index (χ0v) is 12.5. The van der Waals surface area contributed by atoms with Gasteiger partial charge >= 0.3 is 0 Å². The quantitative estimate of drug-likeness (QED) is 0.662. The minimum atomic E-state index is -0.373. The molecular weight excluding hydrogens is 318 g/mol. The maximum Gasteiger partial charge on any atom is 0.128 e. The zero-order chi connectivity index (χ0) is 13.3. The Balaban J connectivity index is 2.39. The van der Waals surface area contributed by atoms with Crippen molar-refractivity contribution < 1.29 is 8.78 Å². The molecule has 0 spiro atoms. The lowest BCUT2D eigenvalue weighted by Gasteiger charge is -2.10. The van der Waals surface area contributed by atoms with Crippen molar-refractivity contribution in [2.75, 3.05) is 0 Å². The minimum Gasteiger partial charge on any atom is -0.207 e. The summed E-state index contributed by atoms with van der Waals surface area (Å²) in [7, 11) is 0. The highest BCUT2D eigenvalue weighted by Crippen LogP contribution is 2.37. The molecule has 0 aliphatic rings. The molecule has 0 saturated heterocycles. The predicted molar refractivity (Wildman–Crippen MR) is 75.6 cm³/mol. The van der Waals surface area contributed by atoms with Crippen LogP contribution in [0.4, 0.5) is 8.78 Å². The molecule has 18 heavy (non-hydrogen) atoms. The Hall–Kier alpha value is -0.740. The standard InChI is InChI=1S/C14H13BrF2S/c1-3-9-4-5-13(18-9)14(15)10-7-11(16)8(2)6-12(10)17/h4-7,14H,3H2,1-2H3. The summed E-state index contributed by atoms with van der Waals surface area (Å²) in [5.41, 5.74) is 0.680. The number of aryl methyl sites for hydroxylation is 2. The van der Waals surface area contributed by atoms with Crippen molar-refractivity contribution >= 4 is 27.3 Å². The SMILES string of the molecule is CCc1ccc(C(Br)c2cc(F)c(C)cc2F)s1. The highest BCUT2D eigenvalue weighted by Gasteiger charge is 2.18. The van der Waals surface area contributed by atoms with Crippen molar-refractivity contribution in [1.29, 1.82) is 0 Å². The van der Waals surface area contributed by atoms with Crippen LogP contribution in [0.15, 0.2) is 24.3 Å². The molecule has 2 rings (SSSR count). The van der Waals surface area contributed by atoms with Crippen LogP contribution in [0.25, 0.3) is 0 Å². The van der Waals surface area contributed by atoms with Crippen LogP contribution >= 0.6 is 27.3 Å². The largest absolute Gasteiger partial charge is 0.207 e. The Bertz CT molecular complexity index is 563. The summed E-state index contributed by atoms with van der Waals surface area (Å²) in [5.74, 6) is -0.745. The fourth-order valence-electron chi connectivity index (χ4n) is 1.73. The highest BCUT2D eigenvalue weighted by molar-refractivity contribution is 9.09. The maximum absolute atomic E-state index is 13.9. The summed E-state index contributed by atoms with van der Waals surface area (Å²) in [4.78, 5) is 1.94. The molecule has 0 bridgehead atoms. The lowest BCUT2D eigenvalue weighted by atomic mass is 10.1. The molecule has 4 heteroatoms. The smallest absolute Gasteiger partial charge is 0.128 e. The Morgan fingerprint density at radius 1 is 1.22 bits per heavy atom. The van der Waals surface area contributed by atoms with E-state index in [-0.39, 0.29) is 16.5 Å². The normalized spacial score (nSPS) is 12.7. The van der Waals surface area contributed by atoms with Gasteiger partial charge in [0.15, 0.2) is 0 Å². The lowest BCUT2D eigenvalue weighted by Crippen LogP contribution is -1.97. The monoisotopic (exact) mass is 330 g/mol. The predicted octanol–water partition coefficient (Wildman–Crippen LogP) is 5.38. The van der Waals surface area contributed by atoms with E-state index in [9.17, 15) is 8.78 Å². The fraction of sp³-hybridized carbons (Fsp3) is 0.286. The summed E-state index contributed by atoms with van der Waals surface area (Å²) in [6.07, 6.45) is 0.953. The van der Waals surface area contributed by atoms with E-state index < -0.39 is 0 Å². The Morgan fingerprint density at radius 2 is 1.94 bits per heavy atom. The second-order valence-electron chi connectivity index (χ2n) is 4.14. The summed E-state index contributed by atoms with van der Waals surface area (Å²) in [6.45, 7) is 3.64. The molecule has 0 aliphatic heterocycles. The second-order valence-corrected chi connectivity index (χ2v) is 6.26. The van der Waals surface area contributed by atoms with Crippen molar-refractivity contribution in [3.05, 3.63) is 56.8 Å². The number of alkyl halides is 1. The van der Waals surface area contributed by atoms with E-state index in [4.69, 9.17) is 0 Å². The lowest BCUT2D eigenvalue weighted by molar-refractivity contribution is 0.581. The minimum absolute atomic E-state index is 0.294. The van der Waals surface area contributed by atoms with E-state index in [0.29, 0.717) is 11.1 Å². The van der Waals surface area contributed by atoms with Crippen LogP contribution in [0.1, 0.15) is 32.6 Å². The molecule has 96 valence electrons. The van der Waals surface area contributed by atoms with Gasteiger partial charge in [0.2, 0.25) is 0 Å². The average molecular weight is 331 g/mol. The number of rotatable bonds is 3. The maximum atomic E-state index is 13.9. The van der Waals surface area contributed by atoms with E-state index in [1.54, 1.807) is 18.3 Å². The van der Waals surface area contributed by atoms with E-state index in [0.717, 1.165) is 11.3 Å². The molecule has 0 amide bonds. The fourth-order valence-corrected chi connectivity index (χ4v) is 3.46. The van der Waals surface area contributed by atoms with Gasteiger partial charge in [0, 0.05) is 15.3 Å². The van der Waals surface area contributed by atoms with Gasteiger partial charge < -0.3 is 0 Å². The molecule has 0 saturated carbocycles. The van der Waals surface area contributed by atoms with Crippen LogP contribution in [-0.4, -0.2) is 0 Å². The van der Waals surface area contributed by atoms with Crippen LogP contribution in [-0.2, 0) is 6.42 Å². The Morgan fingerprint density at radius 3 is 2.56 bits per heavy atom. The second kappa shape index (κ2) is 5.49. The Kier molecular flexibility index (Phi) is 4.17. The number of thiophene rings is 1. The van der Waals surface area contributed by atoms with E-state index in [1.165, 1.54) is 17.0 Å². The van der Waals surface area contributed by atoms with Crippen LogP contribution in [0.3, 0.4) is 0 Å². The first-order valence-corrected chi connectivity index (χ1v) is 7.44. The topological polar surface area (TPSA) is 0 Å². The third-order valence-electron chi connectivity index (χ3n) is 2.83. The molecule has 0 N–H and O–H groups in total. The number of hydrogen-bond donors (Lipinski definition) is 0. The van der Waals surface area contributed by atoms with Crippen molar-refractivity contribution in [2.24, 2.45) is 0 Å². The molecule has 1 aromatic carbocycles. The van der Waals surface area contributed by atoms with Gasteiger partial charge in [-0.15, -0.1) is 11.3 Å². The van der Waals surface area contributed by atoms with Gasteiger partial charge in [0.1, 0.15) is 11.6 Å². The number of benzene rings is 1. The van der Waals surface area contributed by atoms with Gasteiger partial charge in [-0.1, -0.05) is 22.9 Å². The number of hydrogen-bond acceptors (Lipinski definition) is 1. The van der Waals surface area contributed by atoms with Gasteiger partial charge in [-0.2, -0.15) is 0 Å². The first-order chi connectivity index (χ1) is 8.52. The van der Waals surface area contributed by atoms with Gasteiger partial charge in [-0.05, 0) is 43.2 Å². The molecule has 1 unspecified atom stereocenters. The third-order valence-corrected chi connectivity index (χ3v) is 5.42. The molecule has 0 radical (unpaired) electrons. The summed E-state index contributed by atoms with van der Waals surface area (Å²) < 4.78 is 27.4. The third kappa shape index (κ3) is 2.64. The van der Waals surface area contributed by atoms with Gasteiger partial charge in [-0.25, -0.2) is 8.78 Å². The van der Waals surface area contributed by atoms with Gasteiger partial charge in [0.25, 0.3) is 0 Å². The van der Waals surface area contributed by atoms with Crippen LogP contribution in [0, 0.1) is 18.6 Å². The van der Waals surface area contributed by atoms with E-state index in [2.05, 4.69) is 22.9 Å². The molecule has 1 atom stereocenters. The van der Waals surface area contributed by atoms with E-state index >= 15 is 0 Å². The highest BCUT2D eigenvalue weighted by atomic mass is 79.9. The van der Waals surface area contributed by atoms with E-state index in [1.807, 2.05) is 12.1 Å². The van der Waals surface area contributed by atoms with Crippen LogP contribution in [0.2, 0.25) is 0 Å². The molecule has 0 nitrogen and oxygen atoms in total. The Labute approximate surface area is 118 Å². The van der Waals surface area contributed by atoms with Crippen LogP contribution in [0.5, 0.6) is 0 Å². The first kappa shape index (κ1) is 13.7. The molecule has 2 aromatic rings. The summed E-state index contributed by atoms with van der Waals surface area (Å²) >= 11 is 5.07. The number of halogens is 3. The molecule has 0 aliphatic carbocycles.